The molecule has 0 saturated carbocycles. The maximum absolute atomic E-state index is 6.24. The largest absolute Gasteiger partial charge is 0.456 e. The molecule has 2 nitrogen and oxygen atoms in total. The highest BCUT2D eigenvalue weighted by Crippen LogP contribution is 2.44. The molecule has 8 aromatic carbocycles. The van der Waals surface area contributed by atoms with Crippen LogP contribution >= 0.6 is 0 Å². The predicted molar refractivity (Wildman–Crippen MR) is 202 cm³/mol. The Labute approximate surface area is 279 Å². The highest BCUT2D eigenvalue weighted by molar-refractivity contribution is 6.19. The molecule has 0 saturated heterocycles. The van der Waals surface area contributed by atoms with Gasteiger partial charge in [-0.3, -0.25) is 0 Å². The minimum Gasteiger partial charge on any atom is -0.456 e. The summed E-state index contributed by atoms with van der Waals surface area (Å²) in [5.41, 5.74) is 12.2. The average Bonchev–Trinajstić information content (AvgIpc) is 3.56. The number of para-hydroxylation sites is 2. The minimum absolute atomic E-state index is 0.915. The van der Waals surface area contributed by atoms with Crippen LogP contribution in [0, 0.1) is 0 Å². The highest BCUT2D eigenvalue weighted by atomic mass is 16.3. The zero-order valence-corrected chi connectivity index (χ0v) is 26.3. The van der Waals surface area contributed by atoms with E-state index in [1.807, 2.05) is 12.1 Å². The minimum atomic E-state index is 0.915. The van der Waals surface area contributed by atoms with Gasteiger partial charge in [-0.2, -0.15) is 0 Å². The van der Waals surface area contributed by atoms with Crippen LogP contribution in [0.1, 0.15) is 0 Å². The average molecular weight is 614 g/mol. The molecule has 1 aromatic heterocycles. The van der Waals surface area contributed by atoms with Gasteiger partial charge in [-0.15, -0.1) is 0 Å². The maximum atomic E-state index is 6.24. The summed E-state index contributed by atoms with van der Waals surface area (Å²) in [6, 6.07) is 67.0. The standard InChI is InChI=1S/C46H31NO/c1-4-12-32(13-5-1)33-22-26-39(27-23-33)47(38-16-8-3-9-17-38)43-28-24-37(30-41(43)34-14-6-2-7-15-34)36-21-20-35-25-29-45-46(42(35)31-36)40-18-10-11-19-44(40)48-45/h1-31H. The molecule has 1 heterocycles. The lowest BCUT2D eigenvalue weighted by molar-refractivity contribution is 0.669. The van der Waals surface area contributed by atoms with Crippen molar-refractivity contribution in [1.82, 2.24) is 0 Å². The third-order valence-corrected chi connectivity index (χ3v) is 9.26. The summed E-state index contributed by atoms with van der Waals surface area (Å²) in [6.45, 7) is 0. The van der Waals surface area contributed by atoms with Gasteiger partial charge in [-0.25, -0.2) is 0 Å². The van der Waals surface area contributed by atoms with Crippen molar-refractivity contribution in [1.29, 1.82) is 0 Å². The van der Waals surface area contributed by atoms with Crippen LogP contribution in [0.25, 0.3) is 66.1 Å². The highest BCUT2D eigenvalue weighted by Gasteiger charge is 2.19. The van der Waals surface area contributed by atoms with Gasteiger partial charge in [0.05, 0.1) is 5.69 Å². The lowest BCUT2D eigenvalue weighted by Gasteiger charge is -2.28. The van der Waals surface area contributed by atoms with Crippen molar-refractivity contribution in [2.24, 2.45) is 0 Å². The van der Waals surface area contributed by atoms with E-state index in [1.54, 1.807) is 0 Å². The van der Waals surface area contributed by atoms with Crippen molar-refractivity contribution >= 4 is 49.8 Å². The SMILES string of the molecule is c1ccc(-c2ccc(N(c3ccccc3)c3ccc(-c4ccc5ccc6oc7ccccc7c6c5c4)cc3-c3ccccc3)cc2)cc1. The summed E-state index contributed by atoms with van der Waals surface area (Å²) >= 11 is 0. The Morgan fingerprint density at radius 1 is 0.354 bits per heavy atom. The van der Waals surface area contributed by atoms with Gasteiger partial charge >= 0.3 is 0 Å². The molecule has 0 aliphatic carbocycles. The third-order valence-electron chi connectivity index (χ3n) is 9.26. The smallest absolute Gasteiger partial charge is 0.136 e. The van der Waals surface area contributed by atoms with E-state index in [-0.39, 0.29) is 0 Å². The second kappa shape index (κ2) is 11.8. The fourth-order valence-electron chi connectivity index (χ4n) is 6.92. The summed E-state index contributed by atoms with van der Waals surface area (Å²) in [4.78, 5) is 2.36. The Balaban J connectivity index is 1.22. The van der Waals surface area contributed by atoms with E-state index in [4.69, 9.17) is 4.42 Å². The molecule has 0 aliphatic heterocycles. The second-order valence-corrected chi connectivity index (χ2v) is 12.2. The number of rotatable bonds is 6. The molecule has 0 bridgehead atoms. The molecule has 0 unspecified atom stereocenters. The van der Waals surface area contributed by atoms with Gasteiger partial charge in [0.1, 0.15) is 11.2 Å². The zero-order chi connectivity index (χ0) is 31.9. The molecule has 226 valence electrons. The van der Waals surface area contributed by atoms with Gasteiger partial charge in [-0.1, -0.05) is 133 Å². The molecule has 0 spiro atoms. The number of hydrogen-bond acceptors (Lipinski definition) is 2. The number of fused-ring (bicyclic) bond motifs is 5. The molecular weight excluding hydrogens is 583 g/mol. The zero-order valence-electron chi connectivity index (χ0n) is 26.3. The van der Waals surface area contributed by atoms with Crippen LogP contribution < -0.4 is 4.90 Å². The molecule has 0 amide bonds. The van der Waals surface area contributed by atoms with Crippen LogP contribution in [0.15, 0.2) is 192 Å². The van der Waals surface area contributed by atoms with Crippen LogP contribution in [0.3, 0.4) is 0 Å². The van der Waals surface area contributed by atoms with Crippen molar-refractivity contribution in [3.05, 3.63) is 188 Å². The van der Waals surface area contributed by atoms with E-state index in [1.165, 1.54) is 38.4 Å². The van der Waals surface area contributed by atoms with E-state index >= 15 is 0 Å². The quantitative estimate of drug-likeness (QED) is 0.185. The van der Waals surface area contributed by atoms with Gasteiger partial charge in [0.25, 0.3) is 0 Å². The van der Waals surface area contributed by atoms with Crippen molar-refractivity contribution in [3.8, 4) is 33.4 Å². The lowest BCUT2D eigenvalue weighted by atomic mass is 9.94. The third kappa shape index (κ3) is 4.92. The first-order valence-electron chi connectivity index (χ1n) is 16.3. The fraction of sp³-hybridized carbons (Fsp3) is 0. The first-order valence-corrected chi connectivity index (χ1v) is 16.3. The van der Waals surface area contributed by atoms with E-state index in [9.17, 15) is 0 Å². The molecule has 0 aliphatic rings. The van der Waals surface area contributed by atoms with Crippen LogP contribution in [0.2, 0.25) is 0 Å². The summed E-state index contributed by atoms with van der Waals surface area (Å²) in [5, 5.41) is 4.71. The Kier molecular flexibility index (Phi) is 6.84. The second-order valence-electron chi connectivity index (χ2n) is 12.2. The first-order chi connectivity index (χ1) is 23.8. The van der Waals surface area contributed by atoms with E-state index < -0.39 is 0 Å². The van der Waals surface area contributed by atoms with E-state index in [0.717, 1.165) is 44.7 Å². The maximum Gasteiger partial charge on any atom is 0.136 e. The van der Waals surface area contributed by atoms with Crippen molar-refractivity contribution in [2.75, 3.05) is 4.90 Å². The summed E-state index contributed by atoms with van der Waals surface area (Å²) < 4.78 is 6.24. The van der Waals surface area contributed by atoms with Gasteiger partial charge in [-0.05, 0) is 93.2 Å². The van der Waals surface area contributed by atoms with Gasteiger partial charge in [0.15, 0.2) is 0 Å². The Bertz CT molecular complexity index is 2530. The molecule has 2 heteroatoms. The molecule has 9 aromatic rings. The number of hydrogen-bond donors (Lipinski definition) is 0. The van der Waals surface area contributed by atoms with Gasteiger partial charge in [0, 0.05) is 27.7 Å². The molecule has 0 atom stereocenters. The van der Waals surface area contributed by atoms with Crippen molar-refractivity contribution in [2.45, 2.75) is 0 Å². The molecule has 9 rings (SSSR count). The van der Waals surface area contributed by atoms with Gasteiger partial charge in [0.2, 0.25) is 0 Å². The summed E-state index contributed by atoms with van der Waals surface area (Å²) in [7, 11) is 0. The summed E-state index contributed by atoms with van der Waals surface area (Å²) in [6.07, 6.45) is 0. The molecular formula is C46H31NO. The normalized spacial score (nSPS) is 11.3. The van der Waals surface area contributed by atoms with Crippen LogP contribution in [-0.2, 0) is 0 Å². The van der Waals surface area contributed by atoms with Gasteiger partial charge < -0.3 is 9.32 Å². The van der Waals surface area contributed by atoms with Crippen molar-refractivity contribution in [3.63, 3.8) is 0 Å². The fourth-order valence-corrected chi connectivity index (χ4v) is 6.92. The van der Waals surface area contributed by atoms with Crippen molar-refractivity contribution < 1.29 is 4.42 Å². The Morgan fingerprint density at radius 2 is 0.917 bits per heavy atom. The Morgan fingerprint density at radius 3 is 1.69 bits per heavy atom. The van der Waals surface area contributed by atoms with Crippen LogP contribution in [0.4, 0.5) is 17.1 Å². The topological polar surface area (TPSA) is 16.4 Å². The van der Waals surface area contributed by atoms with E-state index in [0.29, 0.717) is 0 Å². The number of benzene rings is 8. The number of furan rings is 1. The Hall–Kier alpha value is -6.38. The van der Waals surface area contributed by atoms with Crippen LogP contribution in [-0.4, -0.2) is 0 Å². The number of nitrogens with zero attached hydrogens (tertiary/aromatic N) is 1. The molecule has 0 radical (unpaired) electrons. The molecule has 0 fully saturated rings. The lowest BCUT2D eigenvalue weighted by Crippen LogP contribution is -2.11. The summed E-state index contributed by atoms with van der Waals surface area (Å²) in [5.74, 6) is 0. The van der Waals surface area contributed by atoms with E-state index in [2.05, 4.69) is 181 Å². The molecule has 48 heavy (non-hydrogen) atoms. The monoisotopic (exact) mass is 613 g/mol. The predicted octanol–water partition coefficient (Wildman–Crippen LogP) is 13.2. The number of anilines is 3. The van der Waals surface area contributed by atoms with Crippen LogP contribution in [0.5, 0.6) is 0 Å². The molecule has 0 N–H and O–H groups in total. The first kappa shape index (κ1) is 27.9.